The molecular formula is C17H24BrNO. The molecule has 4 aliphatic carbocycles. The van der Waals surface area contributed by atoms with Crippen molar-refractivity contribution in [3.8, 4) is 0 Å². The first-order valence-electron chi connectivity index (χ1n) is 8.08. The van der Waals surface area contributed by atoms with Gasteiger partial charge in [-0.3, -0.25) is 0 Å². The van der Waals surface area contributed by atoms with Crippen LogP contribution in [0.3, 0.4) is 0 Å². The van der Waals surface area contributed by atoms with Crippen LogP contribution in [0.5, 0.6) is 0 Å². The maximum atomic E-state index is 5.80. The molecule has 5 rings (SSSR count). The van der Waals surface area contributed by atoms with E-state index >= 15 is 0 Å². The zero-order valence-corrected chi connectivity index (χ0v) is 13.8. The van der Waals surface area contributed by atoms with E-state index in [4.69, 9.17) is 4.42 Å². The van der Waals surface area contributed by atoms with Gasteiger partial charge < -0.3 is 9.73 Å². The van der Waals surface area contributed by atoms with Gasteiger partial charge in [0, 0.05) is 0 Å². The second-order valence-electron chi connectivity index (χ2n) is 7.60. The molecule has 0 amide bonds. The van der Waals surface area contributed by atoms with Crippen molar-refractivity contribution in [3.05, 3.63) is 22.6 Å². The lowest BCUT2D eigenvalue weighted by atomic mass is 9.48. The fraction of sp³-hybridized carbons (Fsp3) is 0.765. The number of furan rings is 1. The molecule has 4 aliphatic rings. The Bertz CT molecular complexity index is 460. The fourth-order valence-corrected chi connectivity index (χ4v) is 6.15. The second kappa shape index (κ2) is 4.88. The van der Waals surface area contributed by atoms with Gasteiger partial charge in [-0.15, -0.1) is 0 Å². The molecule has 1 unspecified atom stereocenters. The van der Waals surface area contributed by atoms with Gasteiger partial charge in [0.2, 0.25) is 0 Å². The standard InChI is InChI=1S/C17H24BrNO/c1-19-14(15-2-3-16(18)20-15)10-17-7-11-4-12(8-17)6-13(5-11)9-17/h2-3,11-14,19H,4-10H2,1H3. The molecule has 4 saturated carbocycles. The van der Waals surface area contributed by atoms with E-state index in [0.717, 1.165) is 28.2 Å². The van der Waals surface area contributed by atoms with Crippen LogP contribution in [0, 0.1) is 23.2 Å². The Labute approximate surface area is 129 Å². The number of halogens is 1. The quantitative estimate of drug-likeness (QED) is 0.844. The lowest BCUT2D eigenvalue weighted by molar-refractivity contribution is -0.0628. The van der Waals surface area contributed by atoms with Gasteiger partial charge in [0.15, 0.2) is 4.67 Å². The van der Waals surface area contributed by atoms with E-state index in [1.165, 1.54) is 44.9 Å². The second-order valence-corrected chi connectivity index (χ2v) is 8.39. The molecule has 4 fully saturated rings. The van der Waals surface area contributed by atoms with E-state index < -0.39 is 0 Å². The summed E-state index contributed by atoms with van der Waals surface area (Å²) in [4.78, 5) is 0. The maximum Gasteiger partial charge on any atom is 0.169 e. The van der Waals surface area contributed by atoms with Gasteiger partial charge in [0.25, 0.3) is 0 Å². The third-order valence-corrected chi connectivity index (χ3v) is 6.51. The van der Waals surface area contributed by atoms with Crippen LogP contribution in [0.15, 0.2) is 21.2 Å². The maximum absolute atomic E-state index is 5.80. The highest BCUT2D eigenvalue weighted by Gasteiger charge is 2.51. The van der Waals surface area contributed by atoms with E-state index in [1.807, 2.05) is 6.07 Å². The molecule has 4 bridgehead atoms. The highest BCUT2D eigenvalue weighted by Crippen LogP contribution is 2.62. The minimum atomic E-state index is 0.373. The van der Waals surface area contributed by atoms with Crippen LogP contribution in [-0.4, -0.2) is 7.05 Å². The SMILES string of the molecule is CNC(CC12CC3CC(CC(C3)C1)C2)c1ccc(Br)o1. The zero-order valence-electron chi connectivity index (χ0n) is 12.2. The summed E-state index contributed by atoms with van der Waals surface area (Å²) < 4.78 is 6.65. The van der Waals surface area contributed by atoms with Gasteiger partial charge in [0.1, 0.15) is 5.76 Å². The Morgan fingerprint density at radius 1 is 1.20 bits per heavy atom. The summed E-state index contributed by atoms with van der Waals surface area (Å²) >= 11 is 3.43. The fourth-order valence-electron chi connectivity index (χ4n) is 5.83. The van der Waals surface area contributed by atoms with E-state index in [9.17, 15) is 0 Å². The van der Waals surface area contributed by atoms with E-state index in [-0.39, 0.29) is 0 Å². The molecule has 0 spiro atoms. The first kappa shape index (κ1) is 13.4. The topological polar surface area (TPSA) is 25.2 Å². The summed E-state index contributed by atoms with van der Waals surface area (Å²) in [5, 5.41) is 3.49. The first-order valence-corrected chi connectivity index (χ1v) is 8.87. The molecule has 0 aliphatic heterocycles. The van der Waals surface area contributed by atoms with Crippen molar-refractivity contribution < 1.29 is 4.42 Å². The average Bonchev–Trinajstić information content (AvgIpc) is 2.81. The summed E-state index contributed by atoms with van der Waals surface area (Å²) in [6.45, 7) is 0. The summed E-state index contributed by atoms with van der Waals surface area (Å²) in [5.41, 5.74) is 0.599. The third kappa shape index (κ3) is 2.27. The van der Waals surface area contributed by atoms with E-state index in [1.54, 1.807) is 0 Å². The van der Waals surface area contributed by atoms with Gasteiger partial charge in [0.05, 0.1) is 6.04 Å². The average molecular weight is 338 g/mol. The van der Waals surface area contributed by atoms with Gasteiger partial charge >= 0.3 is 0 Å². The summed E-state index contributed by atoms with van der Waals surface area (Å²) in [7, 11) is 2.07. The summed E-state index contributed by atoms with van der Waals surface area (Å²) in [5.74, 6) is 4.18. The lowest BCUT2D eigenvalue weighted by Gasteiger charge is -2.57. The summed E-state index contributed by atoms with van der Waals surface area (Å²) in [6.07, 6.45) is 10.2. The highest BCUT2D eigenvalue weighted by molar-refractivity contribution is 9.10. The molecule has 1 heterocycles. The van der Waals surface area contributed by atoms with Crippen molar-refractivity contribution in [1.82, 2.24) is 5.32 Å². The molecule has 0 saturated heterocycles. The van der Waals surface area contributed by atoms with Gasteiger partial charge in [-0.1, -0.05) is 0 Å². The van der Waals surface area contributed by atoms with Crippen LogP contribution in [0.2, 0.25) is 0 Å². The van der Waals surface area contributed by atoms with Gasteiger partial charge in [-0.05, 0) is 103 Å². The molecule has 1 aromatic heterocycles. The van der Waals surface area contributed by atoms with E-state index in [0.29, 0.717) is 11.5 Å². The van der Waals surface area contributed by atoms with Crippen LogP contribution in [0.4, 0.5) is 0 Å². The number of hydrogen-bond donors (Lipinski definition) is 1. The predicted molar refractivity (Wildman–Crippen MR) is 83.4 cm³/mol. The van der Waals surface area contributed by atoms with Gasteiger partial charge in [-0.2, -0.15) is 0 Å². The van der Waals surface area contributed by atoms with Gasteiger partial charge in [-0.25, -0.2) is 0 Å². The van der Waals surface area contributed by atoms with Crippen LogP contribution in [-0.2, 0) is 0 Å². The lowest BCUT2D eigenvalue weighted by Crippen LogP contribution is -2.47. The number of rotatable bonds is 4. The Hall–Kier alpha value is -0.280. The number of nitrogens with one attached hydrogen (secondary N) is 1. The molecule has 1 aromatic rings. The van der Waals surface area contributed by atoms with Crippen molar-refractivity contribution in [2.75, 3.05) is 7.05 Å². The predicted octanol–water partition coefficient (Wildman–Crippen LogP) is 4.91. The van der Waals surface area contributed by atoms with Crippen molar-refractivity contribution in [3.63, 3.8) is 0 Å². The van der Waals surface area contributed by atoms with Crippen molar-refractivity contribution in [1.29, 1.82) is 0 Å². The van der Waals surface area contributed by atoms with E-state index in [2.05, 4.69) is 34.4 Å². The zero-order chi connectivity index (χ0) is 13.7. The summed E-state index contributed by atoms with van der Waals surface area (Å²) in [6, 6.07) is 4.50. The molecule has 110 valence electrons. The molecule has 0 aromatic carbocycles. The van der Waals surface area contributed by atoms with Crippen molar-refractivity contribution >= 4 is 15.9 Å². The molecule has 2 nitrogen and oxygen atoms in total. The van der Waals surface area contributed by atoms with Crippen molar-refractivity contribution in [2.45, 2.75) is 51.0 Å². The van der Waals surface area contributed by atoms with Crippen molar-refractivity contribution in [2.24, 2.45) is 23.2 Å². The van der Waals surface area contributed by atoms with Crippen LogP contribution >= 0.6 is 15.9 Å². The Kier molecular flexibility index (Phi) is 3.26. The molecule has 1 N–H and O–H groups in total. The molecule has 3 heteroatoms. The first-order chi connectivity index (χ1) is 9.66. The van der Waals surface area contributed by atoms with Crippen LogP contribution in [0.1, 0.15) is 56.7 Å². The Morgan fingerprint density at radius 2 is 1.80 bits per heavy atom. The van der Waals surface area contributed by atoms with Crippen LogP contribution < -0.4 is 5.32 Å². The molecule has 1 atom stereocenters. The minimum Gasteiger partial charge on any atom is -0.453 e. The molecule has 0 radical (unpaired) electrons. The Morgan fingerprint density at radius 3 is 2.25 bits per heavy atom. The highest BCUT2D eigenvalue weighted by atomic mass is 79.9. The monoisotopic (exact) mass is 337 g/mol. The minimum absolute atomic E-state index is 0.373. The molecule has 20 heavy (non-hydrogen) atoms. The third-order valence-electron chi connectivity index (χ3n) is 6.09. The largest absolute Gasteiger partial charge is 0.453 e. The number of hydrogen-bond acceptors (Lipinski definition) is 2. The Balaban J connectivity index is 1.55. The van der Waals surface area contributed by atoms with Crippen LogP contribution in [0.25, 0.3) is 0 Å². The molecular weight excluding hydrogens is 314 g/mol. The smallest absolute Gasteiger partial charge is 0.169 e. The normalized spacial score (nSPS) is 40.2.